The topological polar surface area (TPSA) is 81.4 Å². The molecule has 0 aliphatic carbocycles. The van der Waals surface area contributed by atoms with Crippen LogP contribution in [0.3, 0.4) is 0 Å². The second-order valence-electron chi connectivity index (χ2n) is 4.82. The molecule has 1 unspecified atom stereocenters. The molecule has 1 amide bonds. The predicted octanol–water partition coefficient (Wildman–Crippen LogP) is 1.53. The van der Waals surface area contributed by atoms with Crippen molar-refractivity contribution in [3.63, 3.8) is 0 Å². The Labute approximate surface area is 121 Å². The lowest BCUT2D eigenvalue weighted by Crippen LogP contribution is -2.27. The summed E-state index contributed by atoms with van der Waals surface area (Å²) < 4.78 is 17.3. The van der Waals surface area contributed by atoms with Crippen molar-refractivity contribution in [1.82, 2.24) is 0 Å². The van der Waals surface area contributed by atoms with Gasteiger partial charge in [-0.15, -0.1) is 0 Å². The summed E-state index contributed by atoms with van der Waals surface area (Å²) in [6.45, 7) is 1.35. The minimum atomic E-state index is -0.950. The van der Waals surface area contributed by atoms with E-state index >= 15 is 0 Å². The van der Waals surface area contributed by atoms with Crippen LogP contribution in [0.15, 0.2) is 24.3 Å². The van der Waals surface area contributed by atoms with Crippen LogP contribution in [-0.2, 0) is 20.3 Å². The third-order valence-corrected chi connectivity index (χ3v) is 5.09. The molecule has 1 fully saturated rings. The van der Waals surface area contributed by atoms with Gasteiger partial charge in [0.1, 0.15) is 0 Å². The van der Waals surface area contributed by atoms with Gasteiger partial charge in [-0.25, -0.2) is 0 Å². The summed E-state index contributed by atoms with van der Waals surface area (Å²) in [5.74, 6) is 0.293. The van der Waals surface area contributed by atoms with Gasteiger partial charge in [0.05, 0.1) is 0 Å². The molecule has 1 heterocycles. The van der Waals surface area contributed by atoms with Crippen LogP contribution in [0, 0.1) is 0 Å². The smallest absolute Gasteiger partial charge is 0.225 e. The van der Waals surface area contributed by atoms with Gasteiger partial charge in [-0.1, -0.05) is 0 Å². The van der Waals surface area contributed by atoms with Crippen LogP contribution >= 0.6 is 0 Å². The number of hydrogen-bond acceptors (Lipinski definition) is 4. The molecular formula is C14H20N2O3S. The molecule has 1 aliphatic heterocycles. The first-order valence-electron chi connectivity index (χ1n) is 6.75. The van der Waals surface area contributed by atoms with Crippen LogP contribution in [0.2, 0.25) is 0 Å². The Kier molecular flexibility index (Phi) is 5.55. The molecule has 1 aromatic rings. The van der Waals surface area contributed by atoms with Gasteiger partial charge >= 0.3 is 0 Å². The maximum Gasteiger partial charge on any atom is 0.225 e. The predicted molar refractivity (Wildman–Crippen MR) is 81.0 cm³/mol. The van der Waals surface area contributed by atoms with E-state index in [1.165, 1.54) is 0 Å². The van der Waals surface area contributed by atoms with E-state index in [9.17, 15) is 9.00 Å². The fraction of sp³-hybridized carbons (Fsp3) is 0.500. The number of amides is 1. The summed E-state index contributed by atoms with van der Waals surface area (Å²) in [7, 11) is -0.950. The van der Waals surface area contributed by atoms with E-state index in [1.807, 2.05) is 0 Å². The zero-order chi connectivity index (χ0) is 14.4. The van der Waals surface area contributed by atoms with E-state index in [1.54, 1.807) is 24.3 Å². The molecule has 3 N–H and O–H groups in total. The molecule has 0 bridgehead atoms. The number of nitrogen functional groups attached to an aromatic ring is 1. The van der Waals surface area contributed by atoms with Crippen LogP contribution in [0.4, 0.5) is 11.4 Å². The highest BCUT2D eigenvalue weighted by atomic mass is 32.2. The van der Waals surface area contributed by atoms with Crippen molar-refractivity contribution >= 4 is 28.1 Å². The van der Waals surface area contributed by atoms with Crippen LogP contribution in [0.5, 0.6) is 0 Å². The summed E-state index contributed by atoms with van der Waals surface area (Å²) in [6.07, 6.45) is 1.92. The molecule has 0 saturated carbocycles. The fourth-order valence-corrected chi connectivity index (χ4v) is 3.53. The Balaban J connectivity index is 1.74. The number of rotatable bonds is 5. The van der Waals surface area contributed by atoms with Gasteiger partial charge in [0.25, 0.3) is 0 Å². The highest BCUT2D eigenvalue weighted by molar-refractivity contribution is 7.85. The quantitative estimate of drug-likeness (QED) is 0.807. The van der Waals surface area contributed by atoms with Crippen molar-refractivity contribution in [3.8, 4) is 0 Å². The molecule has 0 spiro atoms. The first-order valence-corrected chi connectivity index (χ1v) is 8.13. The van der Waals surface area contributed by atoms with Gasteiger partial charge in [-0.2, -0.15) is 0 Å². The van der Waals surface area contributed by atoms with Crippen LogP contribution < -0.4 is 11.1 Å². The lowest BCUT2D eigenvalue weighted by atomic mass is 10.2. The summed E-state index contributed by atoms with van der Waals surface area (Å²) in [4.78, 5) is 11.8. The van der Waals surface area contributed by atoms with Crippen molar-refractivity contribution in [3.05, 3.63) is 24.3 Å². The van der Waals surface area contributed by atoms with Crippen molar-refractivity contribution in [2.75, 3.05) is 30.0 Å². The average molecular weight is 296 g/mol. The number of anilines is 2. The molecule has 0 aromatic heterocycles. The number of nitrogens with two attached hydrogens (primary N) is 1. The molecule has 6 heteroatoms. The van der Waals surface area contributed by atoms with E-state index in [2.05, 4.69) is 5.32 Å². The average Bonchev–Trinajstić information content (AvgIpc) is 2.48. The number of nitrogens with one attached hydrogen (secondary N) is 1. The first-order chi connectivity index (χ1) is 9.65. The summed E-state index contributed by atoms with van der Waals surface area (Å²) in [6, 6.07) is 6.97. The zero-order valence-electron chi connectivity index (χ0n) is 11.3. The van der Waals surface area contributed by atoms with Gasteiger partial charge < -0.3 is 15.8 Å². The Morgan fingerprint density at radius 1 is 1.30 bits per heavy atom. The molecular weight excluding hydrogens is 276 g/mol. The van der Waals surface area contributed by atoms with Crippen molar-refractivity contribution < 1.29 is 13.7 Å². The maximum absolute atomic E-state index is 12.1. The molecule has 1 aliphatic rings. The molecule has 0 radical (unpaired) electrons. The minimum absolute atomic E-state index is 0.116. The third kappa shape index (κ3) is 4.61. The van der Waals surface area contributed by atoms with Crippen molar-refractivity contribution in [1.29, 1.82) is 0 Å². The Morgan fingerprint density at radius 3 is 2.60 bits per heavy atom. The monoisotopic (exact) mass is 296 g/mol. The Hall–Kier alpha value is -1.40. The van der Waals surface area contributed by atoms with Crippen LogP contribution in [0.25, 0.3) is 0 Å². The van der Waals surface area contributed by atoms with E-state index in [0.29, 0.717) is 30.3 Å². The molecule has 1 saturated heterocycles. The normalized spacial score (nSPS) is 17.6. The Bertz CT molecular complexity index is 470. The molecule has 5 nitrogen and oxygen atoms in total. The van der Waals surface area contributed by atoms with Gasteiger partial charge in [-0.05, 0) is 37.1 Å². The molecule has 2 rings (SSSR count). The fourth-order valence-electron chi connectivity index (χ4n) is 2.09. The number of hydrogen-bond donors (Lipinski definition) is 2. The lowest BCUT2D eigenvalue weighted by Gasteiger charge is -2.21. The SMILES string of the molecule is Nc1ccc(NC(=O)CCS(=O)C2CCOCC2)cc1. The second-order valence-corrected chi connectivity index (χ2v) is 6.65. The van der Waals surface area contributed by atoms with Crippen molar-refractivity contribution in [2.24, 2.45) is 0 Å². The number of carbonyl (C=O) groups is 1. The number of ether oxygens (including phenoxy) is 1. The van der Waals surface area contributed by atoms with E-state index < -0.39 is 10.8 Å². The summed E-state index contributed by atoms with van der Waals surface area (Å²) in [5.41, 5.74) is 6.94. The Morgan fingerprint density at radius 2 is 1.95 bits per heavy atom. The maximum atomic E-state index is 12.1. The first kappa shape index (κ1) is 15.0. The summed E-state index contributed by atoms with van der Waals surface area (Å²) in [5, 5.41) is 2.95. The van der Waals surface area contributed by atoms with Crippen LogP contribution in [-0.4, -0.2) is 34.3 Å². The second kappa shape index (κ2) is 7.40. The molecule has 20 heavy (non-hydrogen) atoms. The molecule has 1 aromatic carbocycles. The highest BCUT2D eigenvalue weighted by Gasteiger charge is 2.20. The van der Waals surface area contributed by atoms with E-state index in [0.717, 1.165) is 12.8 Å². The standard InChI is InChI=1S/C14H20N2O3S/c15-11-1-3-12(4-2-11)16-14(17)7-10-20(18)13-5-8-19-9-6-13/h1-4,13H,5-10,15H2,(H,16,17). The van der Waals surface area contributed by atoms with Gasteiger partial charge in [0.2, 0.25) is 5.91 Å². The third-order valence-electron chi connectivity index (χ3n) is 3.26. The zero-order valence-corrected chi connectivity index (χ0v) is 12.2. The van der Waals surface area contributed by atoms with Gasteiger partial charge in [0.15, 0.2) is 0 Å². The van der Waals surface area contributed by atoms with Gasteiger partial charge in [0, 0.05) is 52.8 Å². The molecule has 110 valence electrons. The lowest BCUT2D eigenvalue weighted by molar-refractivity contribution is -0.115. The minimum Gasteiger partial charge on any atom is -0.399 e. The summed E-state index contributed by atoms with van der Waals surface area (Å²) >= 11 is 0. The highest BCUT2D eigenvalue weighted by Crippen LogP contribution is 2.15. The number of carbonyl (C=O) groups excluding carboxylic acids is 1. The largest absolute Gasteiger partial charge is 0.399 e. The van der Waals surface area contributed by atoms with Crippen molar-refractivity contribution in [2.45, 2.75) is 24.5 Å². The number of benzene rings is 1. The van der Waals surface area contributed by atoms with E-state index in [4.69, 9.17) is 10.5 Å². The van der Waals surface area contributed by atoms with Crippen LogP contribution in [0.1, 0.15) is 19.3 Å². The molecule has 1 atom stereocenters. The van der Waals surface area contributed by atoms with E-state index in [-0.39, 0.29) is 17.6 Å². The van der Waals surface area contributed by atoms with Gasteiger partial charge in [-0.3, -0.25) is 9.00 Å².